The minimum Gasteiger partial charge on any atom is -0.348 e. The summed E-state index contributed by atoms with van der Waals surface area (Å²) in [5.41, 5.74) is 3.88. The molecule has 0 fully saturated rings. The Morgan fingerprint density at radius 1 is 1.03 bits per heavy atom. The summed E-state index contributed by atoms with van der Waals surface area (Å²) in [6, 6.07) is 9.56. The number of benzene rings is 2. The van der Waals surface area contributed by atoms with Gasteiger partial charge in [0.1, 0.15) is 6.04 Å². The molecular weight excluding hydrogens is 443 g/mol. The van der Waals surface area contributed by atoms with Crippen molar-refractivity contribution in [3.63, 3.8) is 0 Å². The molecule has 0 unspecified atom stereocenters. The highest BCUT2D eigenvalue weighted by atomic mass is 35.5. The molecule has 0 heterocycles. The van der Waals surface area contributed by atoms with E-state index in [1.807, 2.05) is 13.0 Å². The number of rotatable bonds is 6. The van der Waals surface area contributed by atoms with E-state index >= 15 is 0 Å². The molecule has 0 saturated carbocycles. The molecule has 2 aromatic carbocycles. The third kappa shape index (κ3) is 5.10. The third-order valence-electron chi connectivity index (χ3n) is 5.47. The molecule has 8 heteroatoms. The number of anilines is 1. The predicted molar refractivity (Wildman–Crippen MR) is 123 cm³/mol. The highest BCUT2D eigenvalue weighted by Gasteiger charge is 2.31. The van der Waals surface area contributed by atoms with Crippen molar-refractivity contribution < 1.29 is 13.2 Å². The molecule has 1 amide bonds. The first kappa shape index (κ1) is 22.9. The van der Waals surface area contributed by atoms with Crippen molar-refractivity contribution in [1.82, 2.24) is 5.32 Å². The first-order chi connectivity index (χ1) is 14.1. The van der Waals surface area contributed by atoms with Crippen LogP contribution in [0.5, 0.6) is 0 Å². The van der Waals surface area contributed by atoms with Crippen LogP contribution >= 0.6 is 23.2 Å². The maximum Gasteiger partial charge on any atom is 0.244 e. The van der Waals surface area contributed by atoms with Crippen LogP contribution in [0.3, 0.4) is 0 Å². The topological polar surface area (TPSA) is 66.5 Å². The van der Waals surface area contributed by atoms with Gasteiger partial charge in [0.25, 0.3) is 0 Å². The highest BCUT2D eigenvalue weighted by Crippen LogP contribution is 2.32. The lowest BCUT2D eigenvalue weighted by atomic mass is 9.89. The molecule has 0 aromatic heterocycles. The van der Waals surface area contributed by atoms with Crippen molar-refractivity contribution in [1.29, 1.82) is 0 Å². The maximum absolute atomic E-state index is 13.0. The van der Waals surface area contributed by atoms with Crippen molar-refractivity contribution in [3.8, 4) is 0 Å². The molecule has 162 valence electrons. The third-order valence-corrected chi connectivity index (χ3v) is 7.25. The number of fused-ring (bicyclic) bond motifs is 1. The normalized spacial score (nSPS) is 15.8. The van der Waals surface area contributed by atoms with Gasteiger partial charge in [0.05, 0.1) is 23.0 Å². The lowest BCUT2D eigenvalue weighted by Gasteiger charge is -2.30. The second kappa shape index (κ2) is 9.16. The Morgan fingerprint density at radius 3 is 2.37 bits per heavy atom. The number of sulfonamides is 1. The number of aryl methyl sites for hydroxylation is 2. The van der Waals surface area contributed by atoms with E-state index in [9.17, 15) is 13.2 Å². The Hall–Kier alpha value is -1.76. The van der Waals surface area contributed by atoms with Crippen LogP contribution in [0.1, 0.15) is 49.4 Å². The van der Waals surface area contributed by atoms with Gasteiger partial charge in [-0.15, -0.1) is 0 Å². The number of nitrogens with zero attached hydrogens (tertiary/aromatic N) is 1. The Kier molecular flexibility index (Phi) is 7.00. The van der Waals surface area contributed by atoms with E-state index in [0.29, 0.717) is 5.02 Å². The van der Waals surface area contributed by atoms with E-state index in [0.717, 1.165) is 29.0 Å². The summed E-state index contributed by atoms with van der Waals surface area (Å²) in [5.74, 6) is -0.415. The average molecular weight is 469 g/mol. The summed E-state index contributed by atoms with van der Waals surface area (Å²) in [4.78, 5) is 13.0. The second-order valence-corrected chi connectivity index (χ2v) is 10.5. The SMILES string of the molecule is C[C@H](NC(=O)[C@H](C)N(c1cc(Cl)ccc1Cl)S(C)(=O)=O)c1ccc2c(c1)CCCC2. The fourth-order valence-corrected chi connectivity index (χ4v) is 5.48. The van der Waals surface area contributed by atoms with E-state index < -0.39 is 22.0 Å². The van der Waals surface area contributed by atoms with Gasteiger partial charge in [0, 0.05) is 5.02 Å². The zero-order valence-electron chi connectivity index (χ0n) is 17.3. The van der Waals surface area contributed by atoms with Crippen LogP contribution in [0.2, 0.25) is 10.0 Å². The van der Waals surface area contributed by atoms with Crippen molar-refractivity contribution in [2.75, 3.05) is 10.6 Å². The number of carbonyl (C=O) groups excluding carboxylic acids is 1. The first-order valence-electron chi connectivity index (χ1n) is 9.94. The summed E-state index contributed by atoms with van der Waals surface area (Å²) >= 11 is 12.3. The summed E-state index contributed by atoms with van der Waals surface area (Å²) in [5, 5.41) is 3.47. The lowest BCUT2D eigenvalue weighted by molar-refractivity contribution is -0.122. The van der Waals surface area contributed by atoms with E-state index in [1.54, 1.807) is 6.07 Å². The van der Waals surface area contributed by atoms with Crippen LogP contribution in [0.15, 0.2) is 36.4 Å². The number of nitrogens with one attached hydrogen (secondary N) is 1. The molecule has 3 rings (SSSR count). The summed E-state index contributed by atoms with van der Waals surface area (Å²) in [6.45, 7) is 3.43. The molecule has 1 N–H and O–H groups in total. The molecule has 1 aliphatic carbocycles. The van der Waals surface area contributed by atoms with Gasteiger partial charge in [-0.05, 0) is 74.4 Å². The van der Waals surface area contributed by atoms with Crippen LogP contribution in [0.25, 0.3) is 0 Å². The van der Waals surface area contributed by atoms with Crippen molar-refractivity contribution in [2.45, 2.75) is 51.6 Å². The van der Waals surface area contributed by atoms with E-state index in [1.165, 1.54) is 43.0 Å². The maximum atomic E-state index is 13.0. The molecule has 2 aromatic rings. The Labute approximate surface area is 188 Å². The number of halogens is 2. The smallest absolute Gasteiger partial charge is 0.244 e. The van der Waals surface area contributed by atoms with Crippen LogP contribution in [-0.4, -0.2) is 26.6 Å². The molecule has 0 saturated heterocycles. The van der Waals surface area contributed by atoms with Gasteiger partial charge in [-0.1, -0.05) is 41.4 Å². The molecule has 30 heavy (non-hydrogen) atoms. The average Bonchev–Trinajstić information content (AvgIpc) is 2.69. The van der Waals surface area contributed by atoms with Gasteiger partial charge >= 0.3 is 0 Å². The molecule has 5 nitrogen and oxygen atoms in total. The molecule has 0 bridgehead atoms. The standard InChI is InChI=1S/C22H26Cl2N2O3S/c1-14(17-9-8-16-6-4-5-7-18(16)12-17)25-22(27)15(2)26(30(3,28)29)21-13-19(23)10-11-20(21)24/h8-15H,4-7H2,1-3H3,(H,25,27)/t14-,15-/m0/s1. The molecule has 2 atom stereocenters. The van der Waals surface area contributed by atoms with Gasteiger partial charge < -0.3 is 5.32 Å². The van der Waals surface area contributed by atoms with Crippen molar-refractivity contribution in [2.24, 2.45) is 0 Å². The monoisotopic (exact) mass is 468 g/mol. The van der Waals surface area contributed by atoms with Crippen LogP contribution in [0, 0.1) is 0 Å². The van der Waals surface area contributed by atoms with E-state index in [4.69, 9.17) is 23.2 Å². The number of hydrogen-bond donors (Lipinski definition) is 1. The van der Waals surface area contributed by atoms with Gasteiger partial charge in [-0.2, -0.15) is 0 Å². The van der Waals surface area contributed by atoms with E-state index in [2.05, 4.69) is 17.4 Å². The number of hydrogen-bond acceptors (Lipinski definition) is 3. The quantitative estimate of drug-likeness (QED) is 0.654. The second-order valence-electron chi connectivity index (χ2n) is 7.80. The van der Waals surface area contributed by atoms with Gasteiger partial charge in [0.15, 0.2) is 0 Å². The summed E-state index contributed by atoms with van der Waals surface area (Å²) < 4.78 is 26.0. The fraction of sp³-hybridized carbons (Fsp3) is 0.409. The zero-order chi connectivity index (χ0) is 22.1. The fourth-order valence-electron chi connectivity index (χ4n) is 3.88. The first-order valence-corrected chi connectivity index (χ1v) is 12.5. The Morgan fingerprint density at radius 2 is 1.70 bits per heavy atom. The number of carbonyl (C=O) groups is 1. The Balaban J connectivity index is 1.83. The van der Waals surface area contributed by atoms with Gasteiger partial charge in [-0.25, -0.2) is 8.42 Å². The van der Waals surface area contributed by atoms with Crippen LogP contribution in [-0.2, 0) is 27.7 Å². The molecule has 0 spiro atoms. The summed E-state index contributed by atoms with van der Waals surface area (Å²) in [6.07, 6.45) is 5.58. The van der Waals surface area contributed by atoms with Gasteiger partial charge in [0.2, 0.25) is 15.9 Å². The lowest BCUT2D eigenvalue weighted by Crippen LogP contribution is -2.48. The minimum atomic E-state index is -3.78. The molecule has 1 aliphatic rings. The molecule has 0 aliphatic heterocycles. The molecule has 0 radical (unpaired) electrons. The van der Waals surface area contributed by atoms with Crippen molar-refractivity contribution >= 4 is 44.8 Å². The minimum absolute atomic E-state index is 0.177. The van der Waals surface area contributed by atoms with E-state index in [-0.39, 0.29) is 16.8 Å². The predicted octanol–water partition coefficient (Wildman–Crippen LogP) is 4.90. The highest BCUT2D eigenvalue weighted by molar-refractivity contribution is 7.92. The van der Waals surface area contributed by atoms with Crippen LogP contribution in [0.4, 0.5) is 5.69 Å². The Bertz CT molecular complexity index is 1060. The van der Waals surface area contributed by atoms with Crippen molar-refractivity contribution in [3.05, 3.63) is 63.1 Å². The van der Waals surface area contributed by atoms with Gasteiger partial charge in [-0.3, -0.25) is 9.10 Å². The zero-order valence-corrected chi connectivity index (χ0v) is 19.6. The summed E-state index contributed by atoms with van der Waals surface area (Å²) in [7, 11) is -3.78. The molecular formula is C22H26Cl2N2O3S. The largest absolute Gasteiger partial charge is 0.348 e. The number of amides is 1. The van der Waals surface area contributed by atoms with Crippen LogP contribution < -0.4 is 9.62 Å².